The number of nitrogens with zero attached hydrogens (tertiary/aromatic N) is 2. The van der Waals surface area contributed by atoms with Crippen LogP contribution in [0.2, 0.25) is 0 Å². The Morgan fingerprint density at radius 3 is 3.03 bits per heavy atom. The minimum absolute atomic E-state index is 0.0715. The number of aromatic nitrogens is 3. The van der Waals surface area contributed by atoms with Crippen molar-refractivity contribution in [3.8, 4) is 11.3 Å². The van der Waals surface area contributed by atoms with Crippen LogP contribution in [0.1, 0.15) is 35.8 Å². The van der Waals surface area contributed by atoms with Gasteiger partial charge in [-0.2, -0.15) is 0 Å². The molecule has 1 fully saturated rings. The highest BCUT2D eigenvalue weighted by Crippen LogP contribution is 2.31. The lowest BCUT2D eigenvalue weighted by Crippen LogP contribution is -2.38. The summed E-state index contributed by atoms with van der Waals surface area (Å²) < 4.78 is 0. The van der Waals surface area contributed by atoms with E-state index in [0.717, 1.165) is 48.4 Å². The Bertz CT molecular complexity index is 1220. The number of rotatable bonds is 7. The lowest BCUT2D eigenvalue weighted by molar-refractivity contribution is -0.122. The maximum atomic E-state index is 12.6. The van der Waals surface area contributed by atoms with Gasteiger partial charge >= 0.3 is 0 Å². The number of aryl methyl sites for hydroxylation is 1. The van der Waals surface area contributed by atoms with E-state index in [9.17, 15) is 4.79 Å². The second-order valence-electron chi connectivity index (χ2n) is 8.64. The molecule has 2 aromatic carbocycles. The average Bonchev–Trinajstić information content (AvgIpc) is 3.53. The number of hydrogen-bond acceptors (Lipinski definition) is 3. The molecule has 6 heteroatoms. The fraction of sp³-hybridized carbons (Fsp3) is 0.308. The maximum absolute atomic E-state index is 12.6. The van der Waals surface area contributed by atoms with Gasteiger partial charge in [-0.05, 0) is 56.0 Å². The van der Waals surface area contributed by atoms with E-state index in [1.807, 2.05) is 24.5 Å². The SMILES string of the molecule is Cc1cccc(-c2cnc([C@H]3CCCN3CC(=O)NCCc3c[nH]c4ccccc34)[nH]2)c1. The summed E-state index contributed by atoms with van der Waals surface area (Å²) in [4.78, 5) is 26.3. The highest BCUT2D eigenvalue weighted by atomic mass is 16.2. The minimum atomic E-state index is 0.0715. The van der Waals surface area contributed by atoms with Crippen LogP contribution in [0.3, 0.4) is 0 Å². The molecule has 1 amide bonds. The Morgan fingerprint density at radius 2 is 2.12 bits per heavy atom. The standard InChI is InChI=1S/C26H29N5O/c1-18-6-4-7-19(14-18)23-16-29-26(30-23)24-10-5-13-31(24)17-25(32)27-12-11-20-15-28-22-9-3-2-8-21(20)22/h2-4,6-9,14-16,24,28H,5,10-13,17H2,1H3,(H,27,32)(H,29,30)/t24-/m1/s1. The predicted octanol–water partition coefficient (Wildman–Crippen LogP) is 4.36. The van der Waals surface area contributed by atoms with Crippen LogP contribution in [0.15, 0.2) is 60.9 Å². The molecule has 0 unspecified atom stereocenters. The molecule has 1 atom stereocenters. The quantitative estimate of drug-likeness (QED) is 0.410. The monoisotopic (exact) mass is 427 g/mol. The van der Waals surface area contributed by atoms with Crippen molar-refractivity contribution < 1.29 is 4.79 Å². The van der Waals surface area contributed by atoms with Crippen LogP contribution in [-0.4, -0.2) is 45.4 Å². The van der Waals surface area contributed by atoms with Gasteiger partial charge in [0.05, 0.1) is 24.5 Å². The highest BCUT2D eigenvalue weighted by Gasteiger charge is 2.29. The van der Waals surface area contributed by atoms with Crippen molar-refractivity contribution in [2.75, 3.05) is 19.6 Å². The molecular weight excluding hydrogens is 398 g/mol. The lowest BCUT2D eigenvalue weighted by Gasteiger charge is -2.22. The fourth-order valence-corrected chi connectivity index (χ4v) is 4.71. The van der Waals surface area contributed by atoms with Gasteiger partial charge in [0, 0.05) is 23.6 Å². The van der Waals surface area contributed by atoms with Gasteiger partial charge in [0.15, 0.2) is 0 Å². The second-order valence-corrected chi connectivity index (χ2v) is 8.64. The molecule has 0 saturated carbocycles. The van der Waals surface area contributed by atoms with Crippen LogP contribution >= 0.6 is 0 Å². The van der Waals surface area contributed by atoms with Crippen molar-refractivity contribution >= 4 is 16.8 Å². The van der Waals surface area contributed by atoms with Crippen molar-refractivity contribution in [2.24, 2.45) is 0 Å². The van der Waals surface area contributed by atoms with Crippen LogP contribution in [0.4, 0.5) is 0 Å². The topological polar surface area (TPSA) is 76.8 Å². The number of fused-ring (bicyclic) bond motifs is 1. The summed E-state index contributed by atoms with van der Waals surface area (Å²) in [5.41, 5.74) is 5.77. The molecule has 32 heavy (non-hydrogen) atoms. The molecule has 0 aliphatic carbocycles. The van der Waals surface area contributed by atoms with Gasteiger partial charge in [0.25, 0.3) is 0 Å². The van der Waals surface area contributed by atoms with Crippen LogP contribution in [0, 0.1) is 6.92 Å². The number of carbonyl (C=O) groups is 1. The third-order valence-corrected chi connectivity index (χ3v) is 6.34. The smallest absolute Gasteiger partial charge is 0.234 e. The van der Waals surface area contributed by atoms with Gasteiger partial charge in [-0.25, -0.2) is 4.98 Å². The van der Waals surface area contributed by atoms with Gasteiger partial charge in [-0.3, -0.25) is 9.69 Å². The minimum Gasteiger partial charge on any atom is -0.361 e. The Labute approximate surface area is 188 Å². The first-order valence-electron chi connectivity index (χ1n) is 11.3. The zero-order chi connectivity index (χ0) is 21.9. The highest BCUT2D eigenvalue weighted by molar-refractivity contribution is 5.83. The molecule has 164 valence electrons. The number of benzene rings is 2. The molecule has 5 rings (SSSR count). The number of hydrogen-bond donors (Lipinski definition) is 3. The number of imidazole rings is 1. The lowest BCUT2D eigenvalue weighted by atomic mass is 10.1. The number of nitrogens with one attached hydrogen (secondary N) is 3. The van der Waals surface area contributed by atoms with E-state index in [1.165, 1.54) is 16.5 Å². The number of aromatic amines is 2. The first-order valence-corrected chi connectivity index (χ1v) is 11.3. The van der Waals surface area contributed by atoms with E-state index >= 15 is 0 Å². The van der Waals surface area contributed by atoms with E-state index in [2.05, 4.69) is 68.5 Å². The maximum Gasteiger partial charge on any atom is 0.234 e. The van der Waals surface area contributed by atoms with Gasteiger partial charge in [-0.15, -0.1) is 0 Å². The molecule has 0 radical (unpaired) electrons. The molecule has 1 aliphatic rings. The van der Waals surface area contributed by atoms with Crippen LogP contribution < -0.4 is 5.32 Å². The molecule has 3 heterocycles. The first kappa shape index (κ1) is 20.5. The van der Waals surface area contributed by atoms with Crippen LogP contribution in [0.25, 0.3) is 22.2 Å². The molecule has 1 saturated heterocycles. The van der Waals surface area contributed by atoms with Gasteiger partial charge < -0.3 is 15.3 Å². The third kappa shape index (κ3) is 4.32. The molecule has 0 spiro atoms. The summed E-state index contributed by atoms with van der Waals surface area (Å²) in [5.74, 6) is 1.02. The largest absolute Gasteiger partial charge is 0.361 e. The van der Waals surface area contributed by atoms with Gasteiger partial charge in [-0.1, -0.05) is 42.0 Å². The first-order chi connectivity index (χ1) is 15.7. The van der Waals surface area contributed by atoms with Crippen molar-refractivity contribution in [1.82, 2.24) is 25.2 Å². The zero-order valence-electron chi connectivity index (χ0n) is 18.4. The van der Waals surface area contributed by atoms with Crippen LogP contribution in [0.5, 0.6) is 0 Å². The average molecular weight is 428 g/mol. The Morgan fingerprint density at radius 1 is 1.22 bits per heavy atom. The van der Waals surface area contributed by atoms with Gasteiger partial charge in [0.2, 0.25) is 5.91 Å². The number of H-pyrrole nitrogens is 2. The molecule has 0 bridgehead atoms. The van der Waals surface area contributed by atoms with E-state index in [0.29, 0.717) is 13.1 Å². The van der Waals surface area contributed by atoms with E-state index < -0.39 is 0 Å². The molecule has 2 aromatic heterocycles. The number of para-hydroxylation sites is 1. The van der Waals surface area contributed by atoms with Gasteiger partial charge in [0.1, 0.15) is 5.82 Å². The summed E-state index contributed by atoms with van der Waals surface area (Å²) in [5, 5.41) is 4.32. The Kier molecular flexibility index (Phi) is 5.77. The normalized spacial score (nSPS) is 16.6. The summed E-state index contributed by atoms with van der Waals surface area (Å²) in [6, 6.07) is 16.8. The number of likely N-dealkylation sites (tertiary alicyclic amines) is 1. The van der Waals surface area contributed by atoms with E-state index in [1.54, 1.807) is 0 Å². The summed E-state index contributed by atoms with van der Waals surface area (Å²) in [6.45, 7) is 4.05. The Hall–Kier alpha value is -3.38. The second kappa shape index (κ2) is 9.01. The summed E-state index contributed by atoms with van der Waals surface area (Å²) in [7, 11) is 0. The zero-order valence-corrected chi connectivity index (χ0v) is 18.4. The molecule has 4 aromatic rings. The molecule has 6 nitrogen and oxygen atoms in total. The molecular formula is C26H29N5O. The third-order valence-electron chi connectivity index (χ3n) is 6.34. The molecule has 3 N–H and O–H groups in total. The number of amides is 1. The fourth-order valence-electron chi connectivity index (χ4n) is 4.71. The predicted molar refractivity (Wildman–Crippen MR) is 127 cm³/mol. The van der Waals surface area contributed by atoms with Crippen molar-refractivity contribution in [3.05, 3.63) is 77.9 Å². The van der Waals surface area contributed by atoms with E-state index in [-0.39, 0.29) is 11.9 Å². The molecule has 1 aliphatic heterocycles. The summed E-state index contributed by atoms with van der Waals surface area (Å²) >= 11 is 0. The number of carbonyl (C=O) groups excluding carboxylic acids is 1. The van der Waals surface area contributed by atoms with Crippen molar-refractivity contribution in [3.63, 3.8) is 0 Å². The Balaban J connectivity index is 1.17. The summed E-state index contributed by atoms with van der Waals surface area (Å²) in [6.07, 6.45) is 6.85. The van der Waals surface area contributed by atoms with Crippen molar-refractivity contribution in [1.29, 1.82) is 0 Å². The van der Waals surface area contributed by atoms with Crippen LogP contribution in [-0.2, 0) is 11.2 Å². The van der Waals surface area contributed by atoms with E-state index in [4.69, 9.17) is 0 Å². The van der Waals surface area contributed by atoms with Crippen molar-refractivity contribution in [2.45, 2.75) is 32.2 Å².